The van der Waals surface area contributed by atoms with Crippen LogP contribution < -0.4 is 0 Å². The molecular weight excluding hydrogens is 384 g/mol. The Labute approximate surface area is 143 Å². The summed E-state index contributed by atoms with van der Waals surface area (Å²) in [5.74, 6) is -21.1. The van der Waals surface area contributed by atoms with E-state index in [0.29, 0.717) is 0 Å². The summed E-state index contributed by atoms with van der Waals surface area (Å²) in [5.41, 5.74) is 0. The highest BCUT2D eigenvalue weighted by molar-refractivity contribution is 5.77. The van der Waals surface area contributed by atoms with Crippen LogP contribution in [0.5, 0.6) is 0 Å². The molecule has 0 spiro atoms. The van der Waals surface area contributed by atoms with E-state index in [1.807, 2.05) is 0 Å². The number of hydrogen-bond donors (Lipinski definition) is 0. The van der Waals surface area contributed by atoms with Crippen LogP contribution in [0.25, 0.3) is 0 Å². The number of ether oxygens (including phenoxy) is 2. The van der Waals surface area contributed by atoms with Crippen molar-refractivity contribution in [1.82, 2.24) is 0 Å². The topological polar surface area (TPSA) is 52.6 Å². The fourth-order valence-electron chi connectivity index (χ4n) is 1.32. The van der Waals surface area contributed by atoms with Gasteiger partial charge < -0.3 is 9.47 Å². The van der Waals surface area contributed by atoms with Crippen molar-refractivity contribution in [3.8, 4) is 0 Å². The maximum absolute atomic E-state index is 13.1. The predicted molar refractivity (Wildman–Crippen MR) is 71.4 cm³/mol. The van der Waals surface area contributed by atoms with Gasteiger partial charge >= 0.3 is 36.1 Å². The zero-order chi connectivity index (χ0) is 20.9. The molecule has 0 aromatic heterocycles. The molecule has 0 radical (unpaired) electrons. The van der Waals surface area contributed by atoms with Crippen LogP contribution in [0.15, 0.2) is 0 Å². The molecule has 0 saturated carbocycles. The molecule has 0 aliphatic carbocycles. The number of carbonyl (C=O) groups excluding carboxylic acids is 2. The van der Waals surface area contributed by atoms with Gasteiger partial charge in [0.25, 0.3) is 0 Å². The van der Waals surface area contributed by atoms with Gasteiger partial charge in [0.05, 0.1) is 12.8 Å². The van der Waals surface area contributed by atoms with Crippen molar-refractivity contribution < 1.29 is 54.2 Å². The third-order valence-corrected chi connectivity index (χ3v) is 3.36. The second kappa shape index (κ2) is 8.85. The van der Waals surface area contributed by atoms with E-state index in [4.69, 9.17) is 4.74 Å². The van der Waals surface area contributed by atoms with Crippen LogP contribution in [0.2, 0.25) is 0 Å². The molecule has 0 saturated heterocycles. The largest absolute Gasteiger partial charge is 0.462 e. The molecule has 12 heteroatoms. The fraction of sp³-hybridized carbons (Fsp3) is 0.857. The highest BCUT2D eigenvalue weighted by atomic mass is 19.4. The number of halogens is 8. The summed E-state index contributed by atoms with van der Waals surface area (Å²) in [6, 6.07) is 0. The van der Waals surface area contributed by atoms with Crippen molar-refractivity contribution >= 4 is 11.9 Å². The van der Waals surface area contributed by atoms with Crippen LogP contribution in [0.3, 0.4) is 0 Å². The Hall–Kier alpha value is -1.62. The second-order valence-electron chi connectivity index (χ2n) is 5.80. The van der Waals surface area contributed by atoms with Gasteiger partial charge in [0.15, 0.2) is 6.61 Å². The van der Waals surface area contributed by atoms with Crippen LogP contribution >= 0.6 is 0 Å². The van der Waals surface area contributed by atoms with E-state index in [1.54, 1.807) is 20.8 Å². The minimum atomic E-state index is -6.46. The van der Waals surface area contributed by atoms with E-state index in [9.17, 15) is 44.7 Å². The van der Waals surface area contributed by atoms with E-state index in [2.05, 4.69) is 4.74 Å². The number of hydrogen-bond acceptors (Lipinski definition) is 4. The van der Waals surface area contributed by atoms with E-state index in [-0.39, 0.29) is 5.92 Å². The third kappa shape index (κ3) is 5.97. The Kier molecular flexibility index (Phi) is 8.30. The van der Waals surface area contributed by atoms with Gasteiger partial charge in [-0.1, -0.05) is 13.8 Å². The molecule has 0 rings (SSSR count). The van der Waals surface area contributed by atoms with Crippen molar-refractivity contribution in [3.63, 3.8) is 0 Å². The van der Waals surface area contributed by atoms with Gasteiger partial charge in [-0.25, -0.2) is 8.78 Å². The van der Waals surface area contributed by atoms with Crippen molar-refractivity contribution in [2.75, 3.05) is 6.61 Å². The Morgan fingerprint density at radius 1 is 0.885 bits per heavy atom. The lowest BCUT2D eigenvalue weighted by Crippen LogP contribution is -2.59. The molecule has 1 unspecified atom stereocenters. The van der Waals surface area contributed by atoms with Crippen molar-refractivity contribution in [1.29, 1.82) is 0 Å². The summed E-state index contributed by atoms with van der Waals surface area (Å²) in [6.07, 6.45) is -7.06. The molecule has 4 nitrogen and oxygen atoms in total. The zero-order valence-electron chi connectivity index (χ0n) is 14.0. The molecule has 0 bridgehead atoms. The van der Waals surface area contributed by atoms with E-state index < -0.39 is 61.7 Å². The standard InChI is InChI=1S/C14H18F8O4/c1-7(2)8(3)26-10(24)5-4-9(23)25-6-12(17,18)14(21,22)13(19,20)11(15)16/h7-8,11H,4-6H2,1-3H3. The van der Waals surface area contributed by atoms with Gasteiger partial charge in [-0.3, -0.25) is 9.59 Å². The lowest BCUT2D eigenvalue weighted by atomic mass is 10.1. The quantitative estimate of drug-likeness (QED) is 0.408. The minimum absolute atomic E-state index is 0.0525. The van der Waals surface area contributed by atoms with Gasteiger partial charge in [0.1, 0.15) is 6.10 Å². The van der Waals surface area contributed by atoms with Crippen molar-refractivity contribution in [2.24, 2.45) is 5.92 Å². The average molecular weight is 402 g/mol. The van der Waals surface area contributed by atoms with Crippen molar-refractivity contribution in [3.05, 3.63) is 0 Å². The molecule has 0 aromatic carbocycles. The average Bonchev–Trinajstić information content (AvgIpc) is 2.50. The van der Waals surface area contributed by atoms with Crippen LogP contribution in [0, 0.1) is 5.92 Å². The van der Waals surface area contributed by atoms with Crippen LogP contribution in [0.1, 0.15) is 33.6 Å². The first kappa shape index (κ1) is 24.4. The summed E-state index contributed by atoms with van der Waals surface area (Å²) in [6.45, 7) is 2.44. The summed E-state index contributed by atoms with van der Waals surface area (Å²) in [4.78, 5) is 22.5. The second-order valence-corrected chi connectivity index (χ2v) is 5.80. The molecule has 0 amide bonds. The first-order valence-electron chi connectivity index (χ1n) is 7.33. The van der Waals surface area contributed by atoms with Crippen molar-refractivity contribution in [2.45, 2.75) is 63.9 Å². The van der Waals surface area contributed by atoms with E-state index >= 15 is 0 Å². The predicted octanol–water partition coefficient (Wildman–Crippen LogP) is 4.07. The lowest BCUT2D eigenvalue weighted by molar-refractivity contribution is -0.344. The number of rotatable bonds is 10. The first-order valence-corrected chi connectivity index (χ1v) is 7.33. The van der Waals surface area contributed by atoms with Crippen LogP contribution in [-0.2, 0) is 19.1 Å². The first-order chi connectivity index (χ1) is 11.6. The van der Waals surface area contributed by atoms with Gasteiger partial charge in [0, 0.05) is 0 Å². The molecule has 0 aliphatic rings. The Morgan fingerprint density at radius 3 is 1.77 bits per heavy atom. The minimum Gasteiger partial charge on any atom is -0.462 e. The summed E-state index contributed by atoms with van der Waals surface area (Å²) < 4.78 is 110. The summed E-state index contributed by atoms with van der Waals surface area (Å²) in [5, 5.41) is 0. The number of alkyl halides is 8. The molecule has 0 heterocycles. The normalized spacial score (nSPS) is 14.5. The maximum Gasteiger partial charge on any atom is 0.381 e. The Balaban J connectivity index is 4.64. The van der Waals surface area contributed by atoms with Gasteiger partial charge in [-0.15, -0.1) is 0 Å². The van der Waals surface area contributed by atoms with Gasteiger partial charge in [-0.05, 0) is 12.8 Å². The molecule has 0 N–H and O–H groups in total. The Bertz CT molecular complexity index is 493. The molecule has 1 atom stereocenters. The Morgan fingerprint density at radius 2 is 1.35 bits per heavy atom. The SMILES string of the molecule is CC(C)C(C)OC(=O)CCC(=O)OCC(F)(F)C(F)(F)C(F)(F)C(F)F. The molecular formula is C14H18F8O4. The van der Waals surface area contributed by atoms with Gasteiger partial charge in [0.2, 0.25) is 0 Å². The zero-order valence-corrected chi connectivity index (χ0v) is 14.0. The highest BCUT2D eigenvalue weighted by Gasteiger charge is 2.75. The molecule has 0 aliphatic heterocycles. The smallest absolute Gasteiger partial charge is 0.381 e. The molecule has 0 fully saturated rings. The van der Waals surface area contributed by atoms with E-state index in [1.165, 1.54) is 0 Å². The number of carbonyl (C=O) groups is 2. The number of esters is 2. The fourth-order valence-corrected chi connectivity index (χ4v) is 1.32. The molecule has 0 aromatic rings. The molecule has 154 valence electrons. The van der Waals surface area contributed by atoms with Crippen LogP contribution in [0.4, 0.5) is 35.1 Å². The molecule has 26 heavy (non-hydrogen) atoms. The summed E-state index contributed by atoms with van der Waals surface area (Å²) in [7, 11) is 0. The van der Waals surface area contributed by atoms with E-state index in [0.717, 1.165) is 0 Å². The van der Waals surface area contributed by atoms with Crippen LogP contribution in [-0.4, -0.2) is 48.8 Å². The highest BCUT2D eigenvalue weighted by Crippen LogP contribution is 2.48. The monoisotopic (exact) mass is 402 g/mol. The lowest BCUT2D eigenvalue weighted by Gasteiger charge is -2.31. The van der Waals surface area contributed by atoms with Gasteiger partial charge in [-0.2, -0.15) is 26.3 Å². The summed E-state index contributed by atoms with van der Waals surface area (Å²) >= 11 is 0. The maximum atomic E-state index is 13.1. The third-order valence-electron chi connectivity index (χ3n) is 3.36.